The molecule has 0 atom stereocenters. The molecule has 2 nitrogen and oxygen atoms in total. The minimum atomic E-state index is -0.743. The van der Waals surface area contributed by atoms with Gasteiger partial charge < -0.3 is 4.74 Å². The third-order valence-electron chi connectivity index (χ3n) is 5.11. The van der Waals surface area contributed by atoms with Gasteiger partial charge in [0.2, 0.25) is 0 Å². The number of rotatable bonds is 7. The average Bonchev–Trinajstić information content (AvgIpc) is 2.82. The second kappa shape index (κ2) is 8.68. The Morgan fingerprint density at radius 1 is 0.586 bits per heavy atom. The van der Waals surface area contributed by atoms with Crippen LogP contribution in [-0.4, -0.2) is 6.29 Å². The fraction of sp³-hybridized carbons (Fsp3) is 0.0741. The second-order valence-corrected chi connectivity index (χ2v) is 6.93. The minimum Gasteiger partial charge on any atom is -0.356 e. The lowest BCUT2D eigenvalue weighted by Crippen LogP contribution is -2.32. The van der Waals surface area contributed by atoms with Gasteiger partial charge in [0.25, 0.3) is 0 Å². The normalized spacial score (nSPS) is 11.2. The molecule has 0 aliphatic carbocycles. The molecule has 0 amide bonds. The highest BCUT2D eigenvalue weighted by atomic mass is 16.5. The fourth-order valence-corrected chi connectivity index (χ4v) is 3.65. The van der Waals surface area contributed by atoms with Crippen molar-refractivity contribution in [2.75, 3.05) is 0 Å². The molecule has 142 valence electrons. The summed E-state index contributed by atoms with van der Waals surface area (Å²) < 4.78 is 6.76. The van der Waals surface area contributed by atoms with Crippen LogP contribution in [0.1, 0.15) is 32.6 Å². The van der Waals surface area contributed by atoms with E-state index in [0.29, 0.717) is 12.2 Å². The number of carbonyl (C=O) groups is 1. The van der Waals surface area contributed by atoms with Crippen LogP contribution in [0, 0.1) is 0 Å². The van der Waals surface area contributed by atoms with Crippen molar-refractivity contribution in [1.29, 1.82) is 0 Å². The number of ether oxygens (including phenoxy) is 1. The van der Waals surface area contributed by atoms with Crippen LogP contribution in [0.25, 0.3) is 0 Å². The van der Waals surface area contributed by atoms with Crippen molar-refractivity contribution in [3.05, 3.63) is 143 Å². The zero-order valence-electron chi connectivity index (χ0n) is 16.1. The molecular weight excluding hydrogens is 356 g/mol. The van der Waals surface area contributed by atoms with Crippen LogP contribution >= 0.6 is 0 Å². The lowest BCUT2D eigenvalue weighted by atomic mass is 9.80. The highest BCUT2D eigenvalue weighted by Gasteiger charge is 2.37. The number of benzene rings is 4. The Bertz CT molecular complexity index is 943. The van der Waals surface area contributed by atoms with E-state index in [0.717, 1.165) is 28.5 Å². The van der Waals surface area contributed by atoms with E-state index in [1.165, 1.54) is 0 Å². The largest absolute Gasteiger partial charge is 0.356 e. The standard InChI is InChI=1S/C27H22O2/c28-20-22-16-18-23(19-17-22)21-29-27(24-10-4-1-5-11-24,25-12-6-2-7-13-25)26-14-8-3-9-15-26/h1-20H,21H2. The molecule has 4 aromatic rings. The highest BCUT2D eigenvalue weighted by Crippen LogP contribution is 2.41. The van der Waals surface area contributed by atoms with Crippen molar-refractivity contribution in [3.63, 3.8) is 0 Å². The minimum absolute atomic E-state index is 0.415. The van der Waals surface area contributed by atoms with Gasteiger partial charge >= 0.3 is 0 Å². The molecule has 4 aromatic carbocycles. The van der Waals surface area contributed by atoms with Crippen LogP contribution in [0.15, 0.2) is 115 Å². The zero-order chi connectivity index (χ0) is 19.9. The summed E-state index contributed by atoms with van der Waals surface area (Å²) in [6, 6.07) is 38.4. The van der Waals surface area contributed by atoms with Gasteiger partial charge in [-0.05, 0) is 22.3 Å². The quantitative estimate of drug-likeness (QED) is 0.291. The Morgan fingerprint density at radius 2 is 1.00 bits per heavy atom. The van der Waals surface area contributed by atoms with E-state index in [1.807, 2.05) is 78.9 Å². The Kier molecular flexibility index (Phi) is 5.64. The van der Waals surface area contributed by atoms with Crippen LogP contribution in [0.4, 0.5) is 0 Å². The molecule has 0 aliphatic heterocycles. The van der Waals surface area contributed by atoms with Gasteiger partial charge in [0.15, 0.2) is 0 Å². The lowest BCUT2D eigenvalue weighted by Gasteiger charge is -2.36. The van der Waals surface area contributed by atoms with Gasteiger partial charge in [-0.25, -0.2) is 0 Å². The first-order valence-electron chi connectivity index (χ1n) is 9.67. The van der Waals surface area contributed by atoms with Gasteiger partial charge in [-0.15, -0.1) is 0 Å². The maximum absolute atomic E-state index is 11.0. The SMILES string of the molecule is O=Cc1ccc(COC(c2ccccc2)(c2ccccc2)c2ccccc2)cc1. The number of aldehydes is 1. The maximum Gasteiger partial charge on any atom is 0.150 e. The van der Waals surface area contributed by atoms with Gasteiger partial charge in [0, 0.05) is 5.56 Å². The second-order valence-electron chi connectivity index (χ2n) is 6.93. The molecule has 0 unspecified atom stereocenters. The molecule has 0 spiro atoms. The van der Waals surface area contributed by atoms with Gasteiger partial charge in [0.1, 0.15) is 11.9 Å². The highest BCUT2D eigenvalue weighted by molar-refractivity contribution is 5.74. The predicted molar refractivity (Wildman–Crippen MR) is 116 cm³/mol. The topological polar surface area (TPSA) is 26.3 Å². The first-order valence-corrected chi connectivity index (χ1v) is 9.67. The third kappa shape index (κ3) is 3.89. The molecule has 0 aliphatic rings. The summed E-state index contributed by atoms with van der Waals surface area (Å²) in [5, 5.41) is 0. The van der Waals surface area contributed by atoms with E-state index in [9.17, 15) is 4.79 Å². The molecule has 4 rings (SSSR count). The van der Waals surface area contributed by atoms with E-state index in [1.54, 1.807) is 0 Å². The van der Waals surface area contributed by atoms with Crippen LogP contribution < -0.4 is 0 Å². The molecule has 0 saturated carbocycles. The summed E-state index contributed by atoms with van der Waals surface area (Å²) in [7, 11) is 0. The van der Waals surface area contributed by atoms with E-state index >= 15 is 0 Å². The number of hydrogen-bond acceptors (Lipinski definition) is 2. The van der Waals surface area contributed by atoms with Crippen LogP contribution in [0.3, 0.4) is 0 Å². The summed E-state index contributed by atoms with van der Waals surface area (Å²) in [5.74, 6) is 0. The summed E-state index contributed by atoms with van der Waals surface area (Å²) in [6.45, 7) is 0.415. The van der Waals surface area contributed by atoms with Gasteiger partial charge in [0.05, 0.1) is 6.61 Å². The Labute approximate surface area is 171 Å². The molecule has 29 heavy (non-hydrogen) atoms. The monoisotopic (exact) mass is 378 g/mol. The maximum atomic E-state index is 11.0. The van der Waals surface area contributed by atoms with Crippen molar-refractivity contribution >= 4 is 6.29 Å². The van der Waals surface area contributed by atoms with Crippen LogP contribution in [-0.2, 0) is 16.9 Å². The lowest BCUT2D eigenvalue weighted by molar-refractivity contribution is 0.000238. The summed E-state index contributed by atoms with van der Waals surface area (Å²) in [4.78, 5) is 11.0. The van der Waals surface area contributed by atoms with E-state index in [4.69, 9.17) is 4.74 Å². The molecule has 0 heterocycles. The van der Waals surface area contributed by atoms with Crippen LogP contribution in [0.5, 0.6) is 0 Å². The van der Waals surface area contributed by atoms with Crippen molar-refractivity contribution in [2.24, 2.45) is 0 Å². The van der Waals surface area contributed by atoms with Crippen molar-refractivity contribution in [3.8, 4) is 0 Å². The van der Waals surface area contributed by atoms with Crippen molar-refractivity contribution in [1.82, 2.24) is 0 Å². The summed E-state index contributed by atoms with van der Waals surface area (Å²) >= 11 is 0. The molecule has 0 fully saturated rings. The van der Waals surface area contributed by atoms with Gasteiger partial charge in [-0.1, -0.05) is 115 Å². The fourth-order valence-electron chi connectivity index (χ4n) is 3.65. The Hall–Kier alpha value is -3.49. The summed E-state index contributed by atoms with van der Waals surface area (Å²) in [5.41, 5.74) is 4.15. The number of carbonyl (C=O) groups excluding carboxylic acids is 1. The molecule has 0 N–H and O–H groups in total. The van der Waals surface area contributed by atoms with E-state index < -0.39 is 5.60 Å². The first-order chi connectivity index (χ1) is 14.3. The van der Waals surface area contributed by atoms with Crippen molar-refractivity contribution < 1.29 is 9.53 Å². The molecule has 0 bridgehead atoms. The summed E-state index contributed by atoms with van der Waals surface area (Å²) in [6.07, 6.45) is 0.854. The van der Waals surface area contributed by atoms with E-state index in [2.05, 4.69) is 36.4 Å². The number of hydrogen-bond donors (Lipinski definition) is 0. The first kappa shape index (κ1) is 18.9. The Morgan fingerprint density at radius 3 is 1.38 bits per heavy atom. The molecule has 0 radical (unpaired) electrons. The Balaban J connectivity index is 1.84. The van der Waals surface area contributed by atoms with Crippen LogP contribution in [0.2, 0.25) is 0 Å². The van der Waals surface area contributed by atoms with E-state index in [-0.39, 0.29) is 0 Å². The van der Waals surface area contributed by atoms with Crippen molar-refractivity contribution in [2.45, 2.75) is 12.2 Å². The smallest absolute Gasteiger partial charge is 0.150 e. The molecule has 2 heteroatoms. The zero-order valence-corrected chi connectivity index (χ0v) is 16.1. The molecule has 0 aromatic heterocycles. The van der Waals surface area contributed by atoms with Gasteiger partial charge in [-0.3, -0.25) is 4.79 Å². The predicted octanol–water partition coefficient (Wildman–Crippen LogP) is 6.01. The van der Waals surface area contributed by atoms with Gasteiger partial charge in [-0.2, -0.15) is 0 Å². The third-order valence-corrected chi connectivity index (χ3v) is 5.11. The molecule has 0 saturated heterocycles. The molecular formula is C27H22O2. The average molecular weight is 378 g/mol.